The van der Waals surface area contributed by atoms with Gasteiger partial charge in [0, 0.05) is 54.5 Å². The van der Waals surface area contributed by atoms with E-state index in [1.54, 1.807) is 7.11 Å². The van der Waals surface area contributed by atoms with Crippen LogP contribution in [0.5, 0.6) is 0 Å². The van der Waals surface area contributed by atoms with Gasteiger partial charge in [-0.2, -0.15) is 0 Å². The van der Waals surface area contributed by atoms with Crippen LogP contribution in [-0.4, -0.2) is 66.7 Å². The lowest BCUT2D eigenvalue weighted by atomic mass is 9.92. The second-order valence-corrected chi connectivity index (χ2v) is 9.86. The van der Waals surface area contributed by atoms with Gasteiger partial charge in [0.15, 0.2) is 6.10 Å². The summed E-state index contributed by atoms with van der Waals surface area (Å²) in [5, 5.41) is 6.05. The zero-order chi connectivity index (χ0) is 25.3. The van der Waals surface area contributed by atoms with Crippen LogP contribution < -0.4 is 5.32 Å². The lowest BCUT2D eigenvalue weighted by Gasteiger charge is -2.23. The van der Waals surface area contributed by atoms with E-state index in [0.717, 1.165) is 56.8 Å². The van der Waals surface area contributed by atoms with Gasteiger partial charge in [-0.05, 0) is 44.8 Å². The number of nitrogens with one attached hydrogen (secondary N) is 1. The number of aromatic nitrogens is 2. The molecule has 0 radical (unpaired) electrons. The van der Waals surface area contributed by atoms with Crippen LogP contribution in [0.25, 0.3) is 38.8 Å². The Hall–Kier alpha value is -3.62. The monoisotopic (exact) mass is 486 g/mol. The average Bonchev–Trinajstić information content (AvgIpc) is 3.49. The van der Waals surface area contributed by atoms with Crippen molar-refractivity contribution in [3.05, 3.63) is 52.4 Å². The van der Waals surface area contributed by atoms with Crippen molar-refractivity contribution in [1.29, 1.82) is 0 Å². The highest BCUT2D eigenvalue weighted by Crippen LogP contribution is 2.45. The lowest BCUT2D eigenvalue weighted by molar-refractivity contribution is 0.0528. The third kappa shape index (κ3) is 2.94. The molecule has 8 nitrogen and oxygen atoms in total. The number of fused-ring (bicyclic) bond motifs is 10. The van der Waals surface area contributed by atoms with Crippen molar-refractivity contribution in [2.75, 3.05) is 34.9 Å². The van der Waals surface area contributed by atoms with Gasteiger partial charge < -0.3 is 28.8 Å². The normalized spacial score (nSPS) is 17.3. The predicted molar refractivity (Wildman–Crippen MR) is 140 cm³/mol. The molecule has 1 aliphatic carbocycles. The first-order valence-corrected chi connectivity index (χ1v) is 12.2. The Morgan fingerprint density at radius 2 is 1.89 bits per heavy atom. The molecule has 0 bridgehead atoms. The van der Waals surface area contributed by atoms with Crippen molar-refractivity contribution in [3.8, 4) is 0 Å². The number of nitrogens with zero attached hydrogens (tertiary/aromatic N) is 3. The smallest absolute Gasteiger partial charge is 0.252 e. The molecule has 4 aromatic rings. The molecule has 8 heteroatoms. The standard InChI is InChI=1S/C28H30N4O4/c1-30(2)11-8-12-32-23-16(13-19(35-4)27(36-5)26(23)33)21-22-17(14-29-28(22)34)20-15-9-6-7-10-18(15)31(3)24(20)25(21)32/h6-7,9-10,13,27H,8,11-12,14H2,1-5H3,(H,29,34). The summed E-state index contributed by atoms with van der Waals surface area (Å²) in [6.45, 7) is 1.98. The van der Waals surface area contributed by atoms with Crippen molar-refractivity contribution in [3.63, 3.8) is 0 Å². The van der Waals surface area contributed by atoms with E-state index in [9.17, 15) is 9.59 Å². The third-order valence-electron chi connectivity index (χ3n) is 7.61. The molecular formula is C28H30N4O4. The van der Waals surface area contributed by atoms with E-state index in [0.29, 0.717) is 30.1 Å². The minimum Gasteiger partial charge on any atom is -0.498 e. The van der Waals surface area contributed by atoms with E-state index in [4.69, 9.17) is 9.47 Å². The maximum absolute atomic E-state index is 13.9. The number of para-hydroxylation sites is 1. The number of carbonyl (C=O) groups excluding carboxylic acids is 2. The highest BCUT2D eigenvalue weighted by Gasteiger charge is 2.39. The minimum atomic E-state index is -0.815. The summed E-state index contributed by atoms with van der Waals surface area (Å²) in [6.07, 6.45) is 1.92. The summed E-state index contributed by atoms with van der Waals surface area (Å²) >= 11 is 0. The summed E-state index contributed by atoms with van der Waals surface area (Å²) in [4.78, 5) is 29.4. The molecular weight excluding hydrogens is 456 g/mol. The molecule has 0 fully saturated rings. The van der Waals surface area contributed by atoms with E-state index in [2.05, 4.69) is 38.5 Å². The van der Waals surface area contributed by atoms with Gasteiger partial charge in [0.05, 0.1) is 29.4 Å². The predicted octanol–water partition coefficient (Wildman–Crippen LogP) is 3.68. The summed E-state index contributed by atoms with van der Waals surface area (Å²) in [5.74, 6) is 0.199. The second-order valence-electron chi connectivity index (χ2n) is 9.86. The number of carbonyl (C=O) groups is 2. The Balaban J connectivity index is 1.83. The van der Waals surface area contributed by atoms with Crippen LogP contribution in [-0.2, 0) is 29.6 Å². The molecule has 2 aliphatic rings. The van der Waals surface area contributed by atoms with Gasteiger partial charge in [0.1, 0.15) is 5.76 Å². The topological polar surface area (TPSA) is 77.7 Å². The molecule has 1 amide bonds. The van der Waals surface area contributed by atoms with Gasteiger partial charge in [-0.1, -0.05) is 18.2 Å². The van der Waals surface area contributed by atoms with Crippen molar-refractivity contribution in [1.82, 2.24) is 19.4 Å². The van der Waals surface area contributed by atoms with Crippen molar-refractivity contribution < 1.29 is 19.1 Å². The molecule has 2 aromatic heterocycles. The van der Waals surface area contributed by atoms with E-state index < -0.39 is 6.10 Å². The average molecular weight is 487 g/mol. The summed E-state index contributed by atoms with van der Waals surface area (Å²) < 4.78 is 15.5. The van der Waals surface area contributed by atoms with Crippen LogP contribution in [0.4, 0.5) is 0 Å². The Bertz CT molecular complexity index is 1620. The van der Waals surface area contributed by atoms with Gasteiger partial charge in [-0.3, -0.25) is 9.59 Å². The van der Waals surface area contributed by atoms with Crippen LogP contribution in [0, 0.1) is 0 Å². The Morgan fingerprint density at radius 3 is 2.61 bits per heavy atom. The number of ether oxygens (including phenoxy) is 2. The van der Waals surface area contributed by atoms with Gasteiger partial charge >= 0.3 is 0 Å². The van der Waals surface area contributed by atoms with Gasteiger partial charge in [-0.25, -0.2) is 0 Å². The first kappa shape index (κ1) is 22.8. The molecule has 1 aliphatic heterocycles. The number of hydrogen-bond acceptors (Lipinski definition) is 5. The molecule has 2 aromatic carbocycles. The van der Waals surface area contributed by atoms with Crippen LogP contribution in [0.1, 0.15) is 38.4 Å². The number of Topliss-reactive ketones (excluding diaryl/α,β-unsaturated/α-hetero) is 1. The molecule has 36 heavy (non-hydrogen) atoms. The highest BCUT2D eigenvalue weighted by molar-refractivity contribution is 6.28. The Morgan fingerprint density at radius 1 is 1.11 bits per heavy atom. The number of benzene rings is 2. The molecule has 6 rings (SSSR count). The molecule has 186 valence electrons. The number of methoxy groups -OCH3 is 2. The lowest BCUT2D eigenvalue weighted by Crippen LogP contribution is -2.31. The van der Waals surface area contributed by atoms with Crippen LogP contribution in [0.2, 0.25) is 0 Å². The zero-order valence-electron chi connectivity index (χ0n) is 21.3. The molecule has 0 saturated heterocycles. The number of amides is 1. The molecule has 1 atom stereocenters. The number of rotatable bonds is 6. The summed E-state index contributed by atoms with van der Waals surface area (Å²) in [5.41, 5.74) is 6.01. The second kappa shape index (κ2) is 8.21. The maximum atomic E-state index is 13.9. The molecule has 1 unspecified atom stereocenters. The van der Waals surface area contributed by atoms with Gasteiger partial charge in [0.25, 0.3) is 5.91 Å². The SMILES string of the molecule is COC1=Cc2c(n(CCCN(C)C)c3c2c2c(c4c5ccccc5n(C)c43)CNC2=O)C(=O)C1OC. The van der Waals surface area contributed by atoms with E-state index in [1.165, 1.54) is 7.11 Å². The number of aryl methyl sites for hydroxylation is 2. The largest absolute Gasteiger partial charge is 0.498 e. The fourth-order valence-corrected chi connectivity index (χ4v) is 6.11. The molecule has 0 saturated carbocycles. The van der Waals surface area contributed by atoms with Crippen LogP contribution in [0.15, 0.2) is 30.0 Å². The molecule has 0 spiro atoms. The van der Waals surface area contributed by atoms with Gasteiger partial charge in [-0.15, -0.1) is 0 Å². The van der Waals surface area contributed by atoms with Crippen molar-refractivity contribution in [2.45, 2.75) is 25.6 Å². The fourth-order valence-electron chi connectivity index (χ4n) is 6.11. The van der Waals surface area contributed by atoms with E-state index in [-0.39, 0.29) is 11.7 Å². The zero-order valence-corrected chi connectivity index (χ0v) is 21.3. The Kier molecular flexibility index (Phi) is 5.21. The molecule has 1 N–H and O–H groups in total. The summed E-state index contributed by atoms with van der Waals surface area (Å²) in [6, 6.07) is 8.28. The minimum absolute atomic E-state index is 0.105. The first-order valence-electron chi connectivity index (χ1n) is 12.2. The number of ketones is 1. The molecule has 3 heterocycles. The van der Waals surface area contributed by atoms with Crippen LogP contribution in [0.3, 0.4) is 0 Å². The van der Waals surface area contributed by atoms with Crippen molar-refractivity contribution >= 4 is 50.5 Å². The van der Waals surface area contributed by atoms with Gasteiger partial charge in [0.2, 0.25) is 5.78 Å². The Labute approximate surface area is 209 Å². The van der Waals surface area contributed by atoms with Crippen molar-refractivity contribution in [2.24, 2.45) is 7.05 Å². The third-order valence-corrected chi connectivity index (χ3v) is 7.61. The fraction of sp³-hybridized carbons (Fsp3) is 0.357. The highest BCUT2D eigenvalue weighted by atomic mass is 16.5. The van der Waals surface area contributed by atoms with Crippen LogP contribution >= 0.6 is 0 Å². The van der Waals surface area contributed by atoms with E-state index >= 15 is 0 Å². The first-order chi connectivity index (χ1) is 17.4. The quantitative estimate of drug-likeness (QED) is 0.450. The number of hydrogen-bond donors (Lipinski definition) is 1. The van der Waals surface area contributed by atoms with E-state index in [1.807, 2.05) is 32.3 Å². The summed E-state index contributed by atoms with van der Waals surface area (Å²) in [7, 11) is 9.22. The maximum Gasteiger partial charge on any atom is 0.252 e.